The van der Waals surface area contributed by atoms with Gasteiger partial charge in [-0.3, -0.25) is 0 Å². The van der Waals surface area contributed by atoms with Gasteiger partial charge in [0.1, 0.15) is 36.6 Å². The summed E-state index contributed by atoms with van der Waals surface area (Å²) in [4.78, 5) is 0. The first-order valence-electron chi connectivity index (χ1n) is 6.88. The van der Waals surface area contributed by atoms with Crippen LogP contribution in [0.4, 0.5) is 0 Å². The molecule has 0 spiro atoms. The van der Waals surface area contributed by atoms with Crippen molar-refractivity contribution in [3.05, 3.63) is 35.9 Å². The van der Waals surface area contributed by atoms with E-state index in [1.54, 1.807) is 24.3 Å². The van der Waals surface area contributed by atoms with Gasteiger partial charge in [0.25, 0.3) is 0 Å². The summed E-state index contributed by atoms with van der Waals surface area (Å²) < 4.78 is 50.4. The molecule has 1 aliphatic carbocycles. The first kappa shape index (κ1) is 13.4. The number of hydrogen-bond donors (Lipinski definition) is 1. The molecule has 5 aliphatic rings. The lowest BCUT2D eigenvalue weighted by Crippen LogP contribution is -2.80. The van der Waals surface area contributed by atoms with Crippen LogP contribution in [0.2, 0.25) is 0 Å². The Bertz CT molecular complexity index is 673. The van der Waals surface area contributed by atoms with Crippen LogP contribution in [-0.4, -0.2) is 50.1 Å². The minimum atomic E-state index is -4.15. The molecule has 7 atom stereocenters. The molecule has 0 amide bonds. The van der Waals surface area contributed by atoms with Crippen molar-refractivity contribution in [2.24, 2.45) is 0 Å². The van der Waals surface area contributed by atoms with Crippen LogP contribution in [0.25, 0.3) is 0 Å². The molecule has 4 saturated heterocycles. The molecule has 6 bridgehead atoms. The van der Waals surface area contributed by atoms with Gasteiger partial charge in [-0.25, -0.2) is 8.37 Å². The smallest absolute Gasteiger partial charge is 0.387 e. The van der Waals surface area contributed by atoms with Crippen molar-refractivity contribution in [2.45, 2.75) is 42.6 Å². The molecule has 118 valence electrons. The van der Waals surface area contributed by atoms with Crippen LogP contribution in [0.5, 0.6) is 0 Å². The maximum atomic E-state index is 11.6. The molecular formula is C13H12O8S. The number of hydrogen-bond acceptors (Lipinski definition) is 8. The fourth-order valence-electron chi connectivity index (χ4n) is 3.53. The normalized spacial score (nSPS) is 51.0. The molecule has 1 aromatic carbocycles. The van der Waals surface area contributed by atoms with Gasteiger partial charge in [0, 0.05) is 5.56 Å². The molecule has 0 aromatic heterocycles. The molecular weight excluding hydrogens is 316 g/mol. The van der Waals surface area contributed by atoms with E-state index in [4.69, 9.17) is 22.6 Å². The van der Waals surface area contributed by atoms with E-state index in [9.17, 15) is 13.5 Å². The Hall–Kier alpha value is -1.07. The van der Waals surface area contributed by atoms with Crippen molar-refractivity contribution >= 4 is 10.4 Å². The summed E-state index contributed by atoms with van der Waals surface area (Å²) in [5, 5.41) is 10.3. The lowest BCUT2D eigenvalue weighted by molar-refractivity contribution is -0.549. The van der Waals surface area contributed by atoms with Crippen molar-refractivity contribution in [2.75, 3.05) is 0 Å². The topological polar surface area (TPSA) is 101 Å². The van der Waals surface area contributed by atoms with Crippen LogP contribution in [-0.2, 0) is 38.9 Å². The lowest BCUT2D eigenvalue weighted by atomic mass is 9.81. The maximum absolute atomic E-state index is 11.6. The predicted octanol–water partition coefficient (Wildman–Crippen LogP) is -0.617. The fourth-order valence-corrected chi connectivity index (χ4v) is 4.55. The monoisotopic (exact) mass is 328 g/mol. The summed E-state index contributed by atoms with van der Waals surface area (Å²) in [6, 6.07) is 8.99. The van der Waals surface area contributed by atoms with E-state index in [1.807, 2.05) is 6.07 Å². The molecule has 1 saturated carbocycles. The summed E-state index contributed by atoms with van der Waals surface area (Å²) in [5.74, 6) is -1.47. The third-order valence-corrected chi connectivity index (χ3v) is 5.34. The van der Waals surface area contributed by atoms with E-state index in [0.717, 1.165) is 0 Å². The van der Waals surface area contributed by atoms with Gasteiger partial charge < -0.3 is 19.3 Å². The van der Waals surface area contributed by atoms with Crippen LogP contribution in [0.15, 0.2) is 30.3 Å². The van der Waals surface area contributed by atoms with E-state index in [2.05, 4.69) is 0 Å². The standard InChI is InChI=1S/C13H12O8S/c14-7-8-11-10-12(21-22(15,16)20-11)9(7)18-13(17-8,19-10)6-4-2-1-3-5-6/h1-5,7-12,14H/t7?,8-,9+,10?,11+,12-,13?. The van der Waals surface area contributed by atoms with Crippen LogP contribution in [0, 0.1) is 0 Å². The summed E-state index contributed by atoms with van der Waals surface area (Å²) in [6.45, 7) is 0. The van der Waals surface area contributed by atoms with Crippen LogP contribution in [0.1, 0.15) is 5.56 Å². The largest absolute Gasteiger partial charge is 0.400 e. The third kappa shape index (κ3) is 1.59. The first-order valence-corrected chi connectivity index (χ1v) is 8.21. The van der Waals surface area contributed by atoms with Crippen molar-refractivity contribution in [1.82, 2.24) is 0 Å². The average Bonchev–Trinajstić information content (AvgIpc) is 2.51. The molecule has 1 aromatic rings. The average molecular weight is 328 g/mol. The van der Waals surface area contributed by atoms with E-state index in [1.165, 1.54) is 0 Å². The fraction of sp³-hybridized carbons (Fsp3) is 0.538. The molecule has 9 heteroatoms. The second-order valence-electron chi connectivity index (χ2n) is 5.69. The highest BCUT2D eigenvalue weighted by atomic mass is 32.3. The third-order valence-electron chi connectivity index (χ3n) is 4.43. The molecule has 1 N–H and O–H groups in total. The summed E-state index contributed by atoms with van der Waals surface area (Å²) in [6.07, 6.45) is -5.38. The zero-order valence-corrected chi connectivity index (χ0v) is 11.9. The highest BCUT2D eigenvalue weighted by Gasteiger charge is 2.72. The molecule has 22 heavy (non-hydrogen) atoms. The van der Waals surface area contributed by atoms with Gasteiger partial charge >= 0.3 is 16.4 Å². The zero-order chi connectivity index (χ0) is 15.1. The summed E-state index contributed by atoms with van der Waals surface area (Å²) in [7, 11) is -4.15. The highest BCUT2D eigenvalue weighted by Crippen LogP contribution is 2.53. The minimum absolute atomic E-state index is 0.627. The van der Waals surface area contributed by atoms with Gasteiger partial charge in [-0.2, -0.15) is 8.42 Å². The van der Waals surface area contributed by atoms with Gasteiger partial charge in [-0.1, -0.05) is 30.3 Å². The molecule has 6 rings (SSSR count). The number of rotatable bonds is 1. The van der Waals surface area contributed by atoms with Gasteiger partial charge in [0.05, 0.1) is 0 Å². The van der Waals surface area contributed by atoms with Crippen LogP contribution >= 0.6 is 0 Å². The Kier molecular flexibility index (Phi) is 2.47. The summed E-state index contributed by atoms with van der Waals surface area (Å²) in [5.41, 5.74) is 0.627. The highest BCUT2D eigenvalue weighted by molar-refractivity contribution is 7.82. The molecule has 8 nitrogen and oxygen atoms in total. The molecule has 5 fully saturated rings. The maximum Gasteiger partial charge on any atom is 0.400 e. The van der Waals surface area contributed by atoms with Gasteiger partial charge in [0.2, 0.25) is 0 Å². The second kappa shape index (κ2) is 4.06. The van der Waals surface area contributed by atoms with Crippen molar-refractivity contribution < 1.29 is 36.1 Å². The lowest BCUT2D eigenvalue weighted by Gasteiger charge is -2.62. The molecule has 3 unspecified atom stereocenters. The molecule has 4 heterocycles. The van der Waals surface area contributed by atoms with Crippen LogP contribution in [0.3, 0.4) is 0 Å². The first-order chi connectivity index (χ1) is 10.5. The van der Waals surface area contributed by atoms with E-state index in [0.29, 0.717) is 5.56 Å². The number of aliphatic hydroxyl groups excluding tert-OH is 1. The number of ether oxygens (including phenoxy) is 3. The van der Waals surface area contributed by atoms with E-state index >= 15 is 0 Å². The zero-order valence-electron chi connectivity index (χ0n) is 11.1. The number of benzene rings is 1. The Balaban J connectivity index is 1.61. The minimum Gasteiger partial charge on any atom is -0.387 e. The van der Waals surface area contributed by atoms with Gasteiger partial charge in [0.15, 0.2) is 0 Å². The van der Waals surface area contributed by atoms with E-state index in [-0.39, 0.29) is 0 Å². The number of aliphatic hydroxyl groups is 1. The SMILES string of the molecule is O=S1(=O)O[C@@H]2C3OC4(c5ccccc5)O[C@@H]2C(O)[C@H](O4)[C@H]3O1. The quantitative estimate of drug-likeness (QED) is 0.728. The van der Waals surface area contributed by atoms with E-state index < -0.39 is 53.0 Å². The predicted molar refractivity (Wildman–Crippen MR) is 67.4 cm³/mol. The van der Waals surface area contributed by atoms with Crippen LogP contribution < -0.4 is 0 Å². The Morgan fingerprint density at radius 1 is 0.864 bits per heavy atom. The molecule has 4 aliphatic heterocycles. The van der Waals surface area contributed by atoms with Gasteiger partial charge in [-0.05, 0) is 0 Å². The molecule has 0 radical (unpaired) electrons. The van der Waals surface area contributed by atoms with Crippen molar-refractivity contribution in [1.29, 1.82) is 0 Å². The van der Waals surface area contributed by atoms with Crippen molar-refractivity contribution in [3.63, 3.8) is 0 Å². The Labute approximate surface area is 125 Å². The van der Waals surface area contributed by atoms with Crippen molar-refractivity contribution in [3.8, 4) is 0 Å². The Morgan fingerprint density at radius 3 is 2.00 bits per heavy atom. The van der Waals surface area contributed by atoms with Gasteiger partial charge in [-0.15, -0.1) is 0 Å². The summed E-state index contributed by atoms with van der Waals surface area (Å²) >= 11 is 0. The second-order valence-corrected chi connectivity index (χ2v) is 6.89. The Morgan fingerprint density at radius 2 is 1.41 bits per heavy atom.